The van der Waals surface area contributed by atoms with Gasteiger partial charge in [0.2, 0.25) is 11.8 Å². The summed E-state index contributed by atoms with van der Waals surface area (Å²) < 4.78 is 24.8. The van der Waals surface area contributed by atoms with Gasteiger partial charge in [-0.1, -0.05) is 27.7 Å². The van der Waals surface area contributed by atoms with Crippen LogP contribution in [0.2, 0.25) is 18.1 Å². The Labute approximate surface area is 303 Å². The Morgan fingerprint density at radius 2 is 1.88 bits per heavy atom. The summed E-state index contributed by atoms with van der Waals surface area (Å²) in [4.78, 5) is 29.6. The predicted molar refractivity (Wildman–Crippen MR) is 200 cm³/mol. The molecule has 0 saturated heterocycles. The molecule has 1 aromatic carbocycles. The van der Waals surface area contributed by atoms with Crippen molar-refractivity contribution in [3.05, 3.63) is 52.8 Å². The molecule has 12 heteroatoms. The smallest absolute Gasteiger partial charge is 0.414 e. The van der Waals surface area contributed by atoms with Gasteiger partial charge in [0, 0.05) is 42.3 Å². The van der Waals surface area contributed by atoms with Gasteiger partial charge in [-0.05, 0) is 94.4 Å². The monoisotopic (exact) mass is 712 g/mol. The molecule has 1 N–H and O–H groups in total. The highest BCUT2D eigenvalue weighted by Gasteiger charge is 2.47. The van der Waals surface area contributed by atoms with Crippen molar-refractivity contribution in [2.45, 2.75) is 122 Å². The number of pyridine rings is 1. The maximum atomic E-state index is 13.6. The number of nitrogens with one attached hydrogen (secondary N) is 1. The minimum absolute atomic E-state index is 0.00225. The molecule has 4 heterocycles. The second kappa shape index (κ2) is 13.8. The molecule has 2 aliphatic heterocycles. The van der Waals surface area contributed by atoms with Gasteiger partial charge < -0.3 is 24.0 Å². The van der Waals surface area contributed by atoms with Gasteiger partial charge in [-0.25, -0.2) is 19.7 Å². The number of anilines is 3. The van der Waals surface area contributed by atoms with E-state index >= 15 is 0 Å². The number of fused-ring (bicyclic) bond motifs is 2. The van der Waals surface area contributed by atoms with Crippen molar-refractivity contribution in [1.29, 1.82) is 5.26 Å². The zero-order valence-corrected chi connectivity index (χ0v) is 32.6. The van der Waals surface area contributed by atoms with E-state index in [-0.39, 0.29) is 11.1 Å². The third-order valence-electron chi connectivity index (χ3n) is 10.5. The number of carbonyl (C=O) groups is 1. The number of aromatic nitrogens is 3. The van der Waals surface area contributed by atoms with Crippen molar-refractivity contribution in [1.82, 2.24) is 15.0 Å². The lowest BCUT2D eigenvalue weighted by Crippen LogP contribution is -2.46. The van der Waals surface area contributed by atoms with Crippen LogP contribution in [-0.4, -0.2) is 60.8 Å². The third kappa shape index (κ3) is 7.91. The second-order valence-corrected chi connectivity index (χ2v) is 21.7. The number of rotatable bonds is 8. The van der Waals surface area contributed by atoms with Crippen LogP contribution in [0.25, 0.3) is 11.3 Å². The number of amides is 1. The molecule has 1 atom stereocenters. The molecule has 3 aromatic rings. The highest BCUT2D eigenvalue weighted by molar-refractivity contribution is 6.74. The maximum absolute atomic E-state index is 13.6. The average Bonchev–Trinajstić information content (AvgIpc) is 3.69. The van der Waals surface area contributed by atoms with Gasteiger partial charge in [0.1, 0.15) is 23.5 Å². The summed E-state index contributed by atoms with van der Waals surface area (Å²) in [6, 6.07) is 10.0. The minimum atomic E-state index is -2.15. The van der Waals surface area contributed by atoms with Crippen LogP contribution in [0.5, 0.6) is 5.88 Å². The molecule has 2 aromatic heterocycles. The van der Waals surface area contributed by atoms with Crippen LogP contribution in [0.1, 0.15) is 96.5 Å². The molecule has 0 bridgehead atoms. The summed E-state index contributed by atoms with van der Waals surface area (Å²) in [5.74, 6) is 0.932. The Balaban J connectivity index is 1.38. The number of hydrogen-bond donors (Lipinski definition) is 1. The average molecular weight is 713 g/mol. The van der Waals surface area contributed by atoms with Gasteiger partial charge in [0.15, 0.2) is 8.32 Å². The third-order valence-corrected chi connectivity index (χ3v) is 15.0. The quantitative estimate of drug-likeness (QED) is 0.227. The van der Waals surface area contributed by atoms with Crippen molar-refractivity contribution in [3.8, 4) is 23.2 Å². The lowest BCUT2D eigenvalue weighted by molar-refractivity contribution is 0.0575. The first-order valence-electron chi connectivity index (χ1n) is 18.1. The molecule has 11 nitrogen and oxygen atoms in total. The topological polar surface area (TPSA) is 132 Å². The number of hydrogen-bond acceptors (Lipinski definition) is 10. The van der Waals surface area contributed by atoms with Crippen LogP contribution in [-0.2, 0) is 32.3 Å². The summed E-state index contributed by atoms with van der Waals surface area (Å²) in [7, 11) is -2.15. The Morgan fingerprint density at radius 1 is 1.14 bits per heavy atom. The fourth-order valence-electron chi connectivity index (χ4n) is 6.59. The summed E-state index contributed by atoms with van der Waals surface area (Å²) in [6.45, 7) is 20.5. The molecule has 272 valence electrons. The van der Waals surface area contributed by atoms with Crippen LogP contribution in [0, 0.1) is 11.3 Å². The first kappa shape index (κ1) is 36.7. The summed E-state index contributed by atoms with van der Waals surface area (Å²) >= 11 is 0. The van der Waals surface area contributed by atoms with Crippen molar-refractivity contribution < 1.29 is 23.4 Å². The van der Waals surface area contributed by atoms with E-state index in [1.807, 2.05) is 39.0 Å². The van der Waals surface area contributed by atoms with E-state index in [1.54, 1.807) is 17.2 Å². The zero-order valence-electron chi connectivity index (χ0n) is 31.6. The minimum Gasteiger partial charge on any atom is -0.473 e. The number of nitrogens with zero attached hydrogens (tertiary/aromatic N) is 5. The molecule has 3 aliphatic rings. The molecule has 0 radical (unpaired) electrons. The second-order valence-electron chi connectivity index (χ2n) is 16.9. The molecular formula is C39H52N6O5Si. The summed E-state index contributed by atoms with van der Waals surface area (Å²) in [6.07, 6.45) is 6.41. The first-order valence-corrected chi connectivity index (χ1v) is 21.0. The molecular weight excluding hydrogens is 661 g/mol. The standard InChI is InChI=1S/C39H52N6O5Si/c1-37(2,3)50-36(46)45-23-39(7,24-48-51(8,9)38(4,5)6)29-19-25(18-26(21-40)33(29)45)30-14-16-41-35(43-30)44-32-20-27-22-47-17-15-31(27)42-34(32)49-28-12-10-11-13-28/h14,16,18-20,28H,10-13,15,17,22-24H2,1-9H3,(H,41,43,44)/t39-/m1/s1. The van der Waals surface area contributed by atoms with Gasteiger partial charge in [-0.15, -0.1) is 0 Å². The van der Waals surface area contributed by atoms with Crippen molar-refractivity contribution in [2.75, 3.05) is 30.0 Å². The Morgan fingerprint density at radius 3 is 2.57 bits per heavy atom. The van der Waals surface area contributed by atoms with E-state index in [9.17, 15) is 10.1 Å². The number of nitriles is 1. The van der Waals surface area contributed by atoms with Gasteiger partial charge in [0.25, 0.3) is 0 Å². The van der Waals surface area contributed by atoms with Crippen molar-refractivity contribution >= 4 is 31.7 Å². The molecule has 1 fully saturated rings. The zero-order chi connectivity index (χ0) is 36.8. The number of carbonyl (C=O) groups excluding carboxylic acids is 1. The van der Waals surface area contributed by atoms with E-state index in [0.29, 0.717) is 60.8 Å². The first-order chi connectivity index (χ1) is 24.0. The Hall–Kier alpha value is -4.05. The van der Waals surface area contributed by atoms with Gasteiger partial charge >= 0.3 is 6.09 Å². The molecule has 1 aliphatic carbocycles. The van der Waals surface area contributed by atoms with Gasteiger partial charge in [-0.2, -0.15) is 5.26 Å². The molecule has 1 saturated carbocycles. The molecule has 0 unspecified atom stereocenters. The Kier molecular flexibility index (Phi) is 9.95. The van der Waals surface area contributed by atoms with E-state index in [1.165, 1.54) is 0 Å². The highest BCUT2D eigenvalue weighted by atomic mass is 28.4. The SMILES string of the molecule is CC(C)(C)OC(=O)N1C[C@](C)(CO[Si](C)(C)C(C)(C)C)c2cc(-c3ccnc(Nc4cc5c(nc4OC4CCCC4)CCOC5)n3)cc(C#N)c21. The van der Waals surface area contributed by atoms with Crippen LogP contribution < -0.4 is 15.0 Å². The summed E-state index contributed by atoms with van der Waals surface area (Å²) in [5.41, 5.74) is 4.53. The number of ether oxygens (including phenoxy) is 3. The molecule has 1 amide bonds. The van der Waals surface area contributed by atoms with Crippen LogP contribution in [0.15, 0.2) is 30.5 Å². The normalized spacial score (nSPS) is 19.3. The van der Waals surface area contributed by atoms with Crippen LogP contribution in [0.3, 0.4) is 0 Å². The largest absolute Gasteiger partial charge is 0.473 e. The maximum Gasteiger partial charge on any atom is 0.414 e. The molecule has 0 spiro atoms. The van der Waals surface area contributed by atoms with Crippen LogP contribution in [0.4, 0.5) is 22.1 Å². The van der Waals surface area contributed by atoms with Gasteiger partial charge in [-0.3, -0.25) is 4.90 Å². The van der Waals surface area contributed by atoms with E-state index < -0.39 is 25.4 Å². The Bertz CT molecular complexity index is 1840. The van der Waals surface area contributed by atoms with Gasteiger partial charge in [0.05, 0.1) is 35.9 Å². The van der Waals surface area contributed by atoms with Crippen LogP contribution >= 0.6 is 0 Å². The highest BCUT2D eigenvalue weighted by Crippen LogP contribution is 2.47. The number of benzene rings is 1. The molecule has 51 heavy (non-hydrogen) atoms. The fourth-order valence-corrected chi connectivity index (χ4v) is 7.71. The fraction of sp³-hybridized carbons (Fsp3) is 0.564. The predicted octanol–water partition coefficient (Wildman–Crippen LogP) is 8.58. The lowest BCUT2D eigenvalue weighted by atomic mass is 9.83. The van der Waals surface area contributed by atoms with Crippen molar-refractivity contribution in [3.63, 3.8) is 0 Å². The molecule has 6 rings (SSSR count). The summed E-state index contributed by atoms with van der Waals surface area (Å²) in [5, 5.41) is 13.9. The van der Waals surface area contributed by atoms with Crippen molar-refractivity contribution in [2.24, 2.45) is 0 Å². The lowest BCUT2D eigenvalue weighted by Gasteiger charge is -2.39. The van der Waals surface area contributed by atoms with E-state index in [0.717, 1.165) is 54.5 Å². The van der Waals surface area contributed by atoms with E-state index in [2.05, 4.69) is 57.2 Å². The van der Waals surface area contributed by atoms with E-state index in [4.69, 9.17) is 28.6 Å².